The highest BCUT2D eigenvalue weighted by atomic mass is 35.5. The van der Waals surface area contributed by atoms with E-state index in [0.29, 0.717) is 35.6 Å². The number of anilines is 2. The molecule has 4 aliphatic carbocycles. The summed E-state index contributed by atoms with van der Waals surface area (Å²) in [6, 6.07) is 17.9. The molecule has 5 fully saturated rings. The van der Waals surface area contributed by atoms with Gasteiger partial charge in [-0.15, -0.1) is 23.4 Å². The van der Waals surface area contributed by atoms with Crippen molar-refractivity contribution in [2.75, 3.05) is 81.4 Å². The summed E-state index contributed by atoms with van der Waals surface area (Å²) in [5.41, 5.74) is -1.32. The average Bonchev–Trinajstić information content (AvgIpc) is 3.24. The molecule has 6 aliphatic rings. The van der Waals surface area contributed by atoms with Gasteiger partial charge >= 0.3 is 5.51 Å². The Morgan fingerprint density at radius 2 is 1.56 bits per heavy atom. The van der Waals surface area contributed by atoms with Gasteiger partial charge in [0, 0.05) is 98.3 Å². The smallest absolute Gasteiger partial charge is 0.380 e. The minimum absolute atomic E-state index is 0.0163. The summed E-state index contributed by atoms with van der Waals surface area (Å²) < 4.78 is 97.7. The molecular weight excluding hydrogens is 905 g/mol. The van der Waals surface area contributed by atoms with Crippen molar-refractivity contribution in [3.8, 4) is 0 Å². The van der Waals surface area contributed by atoms with E-state index in [9.17, 15) is 34.8 Å². The van der Waals surface area contributed by atoms with Crippen molar-refractivity contribution in [1.29, 1.82) is 0 Å². The number of halogens is 4. The van der Waals surface area contributed by atoms with Crippen LogP contribution in [-0.4, -0.2) is 120 Å². The highest BCUT2D eigenvalue weighted by Crippen LogP contribution is 2.75. The van der Waals surface area contributed by atoms with Gasteiger partial charge in [-0.25, -0.2) is 21.6 Å². The molecule has 0 unspecified atom stereocenters. The predicted octanol–water partition coefficient (Wildman–Crippen LogP) is 7.76. The van der Waals surface area contributed by atoms with Crippen LogP contribution in [0.5, 0.6) is 0 Å². The van der Waals surface area contributed by atoms with Gasteiger partial charge in [0.15, 0.2) is 0 Å². The fourth-order valence-electron chi connectivity index (χ4n) is 10.1. The van der Waals surface area contributed by atoms with Gasteiger partial charge in [0.05, 0.1) is 10.6 Å². The van der Waals surface area contributed by atoms with E-state index < -0.39 is 47.1 Å². The topological polar surface area (TPSA) is 131 Å². The van der Waals surface area contributed by atoms with Crippen LogP contribution < -0.4 is 20.3 Å². The Morgan fingerprint density at radius 1 is 0.891 bits per heavy atom. The molecule has 3 aromatic rings. The van der Waals surface area contributed by atoms with Crippen LogP contribution in [0.2, 0.25) is 0 Å². The number of nitrogens with zero attached hydrogens (tertiary/aromatic N) is 3. The zero-order valence-corrected chi connectivity index (χ0v) is 39.6. The molecule has 1 atom stereocenters. The molecule has 1 amide bonds. The lowest BCUT2D eigenvalue weighted by Crippen LogP contribution is -2.65. The fourth-order valence-corrected chi connectivity index (χ4v) is 13.9. The second kappa shape index (κ2) is 18.4. The number of allylic oxidation sites excluding steroid dienone is 1. The van der Waals surface area contributed by atoms with E-state index in [0.717, 1.165) is 114 Å². The number of hydrogen-bond acceptors (Lipinski definition) is 11. The van der Waals surface area contributed by atoms with Gasteiger partial charge < -0.3 is 20.4 Å². The van der Waals surface area contributed by atoms with Gasteiger partial charge in [-0.1, -0.05) is 43.2 Å². The summed E-state index contributed by atoms with van der Waals surface area (Å²) in [5.74, 6) is -0.616. The number of nitrogens with one attached hydrogen (secondary N) is 3. The third-order valence-electron chi connectivity index (χ3n) is 13.7. The van der Waals surface area contributed by atoms with Crippen molar-refractivity contribution in [2.24, 2.45) is 10.8 Å². The SMILES string of the molecule is CC1(C)CCC(CN2CCN(c3ccc(C(=O)NS(=O)(=O)c4ccc(N[C@H](CCN5CCNCC5)CSc5ccccc5)c(S(=O)(=O)C(F)(F)F)c4)cc3)CC2)=C(C23CC(Cl)(C2)C3)C1. The summed E-state index contributed by atoms with van der Waals surface area (Å²) in [4.78, 5) is 19.2. The number of thioether (sulfide) groups is 1. The molecule has 64 heavy (non-hydrogen) atoms. The fraction of sp³-hybridized carbons (Fsp3) is 0.543. The van der Waals surface area contributed by atoms with Crippen molar-refractivity contribution in [3.63, 3.8) is 0 Å². The van der Waals surface area contributed by atoms with Crippen LogP contribution in [-0.2, 0) is 19.9 Å². The molecule has 0 aromatic heterocycles. The lowest BCUT2D eigenvalue weighted by atomic mass is 9.39. The largest absolute Gasteiger partial charge is 0.501 e. The second-order valence-electron chi connectivity index (χ2n) is 19.1. The lowest BCUT2D eigenvalue weighted by Gasteiger charge is -2.70. The van der Waals surface area contributed by atoms with E-state index in [1.165, 1.54) is 30.3 Å². The quantitative estimate of drug-likeness (QED) is 0.0741. The van der Waals surface area contributed by atoms with Gasteiger partial charge in [-0.3, -0.25) is 9.69 Å². The maximum absolute atomic E-state index is 14.2. The van der Waals surface area contributed by atoms with Gasteiger partial charge in [-0.05, 0) is 110 Å². The molecule has 11 nitrogen and oxygen atoms in total. The second-order valence-corrected chi connectivity index (χ2v) is 24.6. The summed E-state index contributed by atoms with van der Waals surface area (Å²) in [5, 5.41) is 6.30. The van der Waals surface area contributed by atoms with Crippen LogP contribution in [0, 0.1) is 10.8 Å². The number of sulfone groups is 1. The molecule has 3 N–H and O–H groups in total. The predicted molar refractivity (Wildman–Crippen MR) is 247 cm³/mol. The zero-order chi connectivity index (χ0) is 45.5. The van der Waals surface area contributed by atoms with Gasteiger partial charge in [0.1, 0.15) is 4.90 Å². The molecule has 2 aliphatic heterocycles. The van der Waals surface area contributed by atoms with Crippen LogP contribution >= 0.6 is 23.4 Å². The summed E-state index contributed by atoms with van der Waals surface area (Å²) in [6.07, 6.45) is 7.26. The molecule has 18 heteroatoms. The minimum atomic E-state index is -6.04. The Balaban J connectivity index is 0.922. The van der Waals surface area contributed by atoms with E-state index in [1.807, 2.05) is 35.1 Å². The van der Waals surface area contributed by atoms with Gasteiger partial charge in [0.25, 0.3) is 25.8 Å². The van der Waals surface area contributed by atoms with Gasteiger partial charge in [0.2, 0.25) is 0 Å². The minimum Gasteiger partial charge on any atom is -0.380 e. The molecule has 2 bridgehead atoms. The number of alkyl halides is 4. The van der Waals surface area contributed by atoms with Crippen molar-refractivity contribution in [3.05, 3.63) is 89.5 Å². The molecular formula is C46H58ClF3N6O5S3. The Bertz CT molecular complexity index is 2420. The first-order valence-corrected chi connectivity index (χ1v) is 26.4. The molecule has 3 saturated carbocycles. The maximum atomic E-state index is 14.2. The Hall–Kier alpha value is -3.32. The van der Waals surface area contributed by atoms with E-state index >= 15 is 0 Å². The number of sulfonamides is 1. The normalized spacial score (nSPS) is 24.7. The van der Waals surface area contributed by atoms with Crippen LogP contribution in [0.15, 0.2) is 98.6 Å². The van der Waals surface area contributed by atoms with Crippen LogP contribution in [0.1, 0.15) is 69.2 Å². The average molecular weight is 964 g/mol. The van der Waals surface area contributed by atoms with Crippen LogP contribution in [0.25, 0.3) is 0 Å². The number of hydrogen-bond donors (Lipinski definition) is 3. The van der Waals surface area contributed by atoms with Crippen molar-refractivity contribution in [1.82, 2.24) is 19.8 Å². The molecule has 0 spiro atoms. The van der Waals surface area contributed by atoms with E-state index in [2.05, 4.69) is 39.2 Å². The highest BCUT2D eigenvalue weighted by Gasteiger charge is 2.69. The van der Waals surface area contributed by atoms with E-state index in [4.69, 9.17) is 11.6 Å². The van der Waals surface area contributed by atoms with E-state index in [-0.39, 0.29) is 16.1 Å². The zero-order valence-electron chi connectivity index (χ0n) is 36.4. The van der Waals surface area contributed by atoms with Crippen molar-refractivity contribution < 1.29 is 34.8 Å². The number of rotatable bonds is 16. The Kier molecular flexibility index (Phi) is 13.6. The third-order valence-corrected chi connectivity index (χ3v) is 18.1. The number of carbonyl (C=O) groups is 1. The van der Waals surface area contributed by atoms with Crippen molar-refractivity contribution >= 4 is 60.5 Å². The van der Waals surface area contributed by atoms with E-state index in [1.54, 1.807) is 23.3 Å². The number of benzene rings is 3. The first kappa shape index (κ1) is 47.2. The highest BCUT2D eigenvalue weighted by molar-refractivity contribution is 7.99. The summed E-state index contributed by atoms with van der Waals surface area (Å²) >= 11 is 8.16. The summed E-state index contributed by atoms with van der Waals surface area (Å²) in [6.45, 7) is 12.8. The monoisotopic (exact) mass is 962 g/mol. The molecule has 3 aromatic carbocycles. The van der Waals surface area contributed by atoms with Crippen LogP contribution in [0.4, 0.5) is 24.5 Å². The molecule has 2 saturated heterocycles. The molecule has 0 radical (unpaired) electrons. The Morgan fingerprint density at radius 3 is 2.20 bits per heavy atom. The lowest BCUT2D eigenvalue weighted by molar-refractivity contribution is -0.0535. The first-order chi connectivity index (χ1) is 30.2. The summed E-state index contributed by atoms with van der Waals surface area (Å²) in [7, 11) is -10.9. The number of amides is 1. The third kappa shape index (κ3) is 10.5. The molecule has 2 heterocycles. The molecule has 9 rings (SSSR count). The number of carbonyl (C=O) groups excluding carboxylic acids is 1. The standard InChI is InChI=1S/C46H58ClF3N6O5S3/c1-43(2)16-14-34(39(27-43)44-30-45(47,31-44)32-44)28-55-22-24-56(25-23-55)36-10-8-33(9-11-36)42(57)53-64(60,61)38-12-13-40(41(26-38)63(58,59)46(48,49)50)52-35(15-19-54-20-17-51-18-21-54)29-62-37-6-4-3-5-7-37/h3-13,26,35,51-52H,14-25,27-32H2,1-2H3,(H,53,57)/t35-,44?,45?/m1/s1. The van der Waals surface area contributed by atoms with Crippen molar-refractivity contribution in [2.45, 2.75) is 89.9 Å². The Labute approximate surface area is 384 Å². The maximum Gasteiger partial charge on any atom is 0.501 e. The van der Waals surface area contributed by atoms with Crippen LogP contribution in [0.3, 0.4) is 0 Å². The van der Waals surface area contributed by atoms with Gasteiger partial charge in [-0.2, -0.15) is 13.2 Å². The number of piperazine rings is 2. The molecule has 348 valence electrons. The first-order valence-electron chi connectivity index (χ1n) is 22.1.